The smallest absolute Gasteiger partial charge is 0.335 e. The summed E-state index contributed by atoms with van der Waals surface area (Å²) in [4.78, 5) is 11.0. The summed E-state index contributed by atoms with van der Waals surface area (Å²) in [5.41, 5.74) is 0.899. The second-order valence-corrected chi connectivity index (χ2v) is 4.99. The molecule has 1 N–H and O–H groups in total. The van der Waals surface area contributed by atoms with E-state index in [0.717, 1.165) is 4.47 Å². The molecule has 0 saturated heterocycles. The van der Waals surface area contributed by atoms with E-state index < -0.39 is 5.97 Å². The van der Waals surface area contributed by atoms with E-state index in [-0.39, 0.29) is 12.2 Å². The van der Waals surface area contributed by atoms with Crippen LogP contribution in [-0.4, -0.2) is 18.2 Å². The maximum absolute atomic E-state index is 11.0. The van der Waals surface area contributed by atoms with Crippen molar-refractivity contribution in [3.8, 4) is 11.5 Å². The lowest BCUT2D eigenvalue weighted by Gasteiger charge is -2.11. The summed E-state index contributed by atoms with van der Waals surface area (Å²) in [6, 6.07) is 12.1. The van der Waals surface area contributed by atoms with E-state index in [4.69, 9.17) is 14.6 Å². The topological polar surface area (TPSA) is 55.8 Å². The third-order valence-electron chi connectivity index (χ3n) is 2.74. The van der Waals surface area contributed by atoms with E-state index in [0.29, 0.717) is 17.1 Å². The number of carboxylic acid groups (broad SMARTS) is 1. The molecule has 0 aliphatic rings. The Morgan fingerprint density at radius 3 is 2.50 bits per heavy atom. The molecule has 0 atom stereocenters. The van der Waals surface area contributed by atoms with Crippen molar-refractivity contribution in [1.29, 1.82) is 0 Å². The summed E-state index contributed by atoms with van der Waals surface area (Å²) in [6.45, 7) is 0.242. The predicted molar refractivity (Wildman–Crippen MR) is 78.4 cm³/mol. The largest absolute Gasteiger partial charge is 0.496 e. The van der Waals surface area contributed by atoms with E-state index in [2.05, 4.69) is 15.9 Å². The minimum Gasteiger partial charge on any atom is -0.496 e. The van der Waals surface area contributed by atoms with Gasteiger partial charge in [-0.2, -0.15) is 0 Å². The van der Waals surface area contributed by atoms with E-state index in [1.165, 1.54) is 6.07 Å². The molecule has 0 aliphatic heterocycles. The minimum absolute atomic E-state index is 0.209. The number of hydrogen-bond donors (Lipinski definition) is 1. The van der Waals surface area contributed by atoms with Crippen molar-refractivity contribution in [1.82, 2.24) is 0 Å². The Hall–Kier alpha value is -2.01. The average Bonchev–Trinajstić information content (AvgIpc) is 2.46. The van der Waals surface area contributed by atoms with Crippen LogP contribution in [0.3, 0.4) is 0 Å². The zero-order valence-electron chi connectivity index (χ0n) is 10.8. The number of halogens is 1. The molecule has 0 bridgehead atoms. The number of methoxy groups -OCH3 is 1. The van der Waals surface area contributed by atoms with Crippen LogP contribution in [0.15, 0.2) is 46.9 Å². The maximum Gasteiger partial charge on any atom is 0.335 e. The Labute approximate surface area is 125 Å². The summed E-state index contributed by atoms with van der Waals surface area (Å²) in [5, 5.41) is 9.00. The van der Waals surface area contributed by atoms with Crippen molar-refractivity contribution in [2.75, 3.05) is 7.11 Å². The van der Waals surface area contributed by atoms with Gasteiger partial charge in [0.2, 0.25) is 0 Å². The highest BCUT2D eigenvalue weighted by Gasteiger charge is 2.09. The Morgan fingerprint density at radius 2 is 1.90 bits per heavy atom. The van der Waals surface area contributed by atoms with Gasteiger partial charge in [-0.1, -0.05) is 15.9 Å². The first-order valence-electron chi connectivity index (χ1n) is 5.88. The SMILES string of the molecule is COc1ccc(C(=O)O)cc1COc1ccc(Br)cc1. The zero-order valence-corrected chi connectivity index (χ0v) is 12.4. The van der Waals surface area contributed by atoms with Crippen molar-refractivity contribution < 1.29 is 19.4 Å². The molecule has 0 aromatic heterocycles. The highest BCUT2D eigenvalue weighted by Crippen LogP contribution is 2.23. The Morgan fingerprint density at radius 1 is 1.20 bits per heavy atom. The summed E-state index contributed by atoms with van der Waals surface area (Å²) >= 11 is 3.35. The van der Waals surface area contributed by atoms with Gasteiger partial charge in [0.15, 0.2) is 0 Å². The summed E-state index contributed by atoms with van der Waals surface area (Å²) in [5.74, 6) is 0.334. The van der Waals surface area contributed by atoms with Gasteiger partial charge in [0.1, 0.15) is 18.1 Å². The Bertz CT molecular complexity index is 608. The molecule has 0 aliphatic carbocycles. The van der Waals surface area contributed by atoms with Crippen LogP contribution in [0.5, 0.6) is 11.5 Å². The molecule has 0 saturated carbocycles. The highest BCUT2D eigenvalue weighted by molar-refractivity contribution is 9.10. The normalized spacial score (nSPS) is 10.1. The number of aromatic carboxylic acids is 1. The number of hydrogen-bond acceptors (Lipinski definition) is 3. The molecule has 2 aromatic carbocycles. The van der Waals surface area contributed by atoms with Crippen LogP contribution in [0.25, 0.3) is 0 Å². The van der Waals surface area contributed by atoms with Gasteiger partial charge in [0.05, 0.1) is 12.7 Å². The molecule has 4 nitrogen and oxygen atoms in total. The van der Waals surface area contributed by atoms with Crippen molar-refractivity contribution in [2.24, 2.45) is 0 Å². The van der Waals surface area contributed by atoms with Crippen LogP contribution >= 0.6 is 15.9 Å². The van der Waals surface area contributed by atoms with Crippen LogP contribution in [0.1, 0.15) is 15.9 Å². The molecule has 0 amide bonds. The summed E-state index contributed by atoms with van der Waals surface area (Å²) in [6.07, 6.45) is 0. The third-order valence-corrected chi connectivity index (χ3v) is 3.26. The maximum atomic E-state index is 11.0. The molecule has 2 rings (SSSR count). The van der Waals surface area contributed by atoms with Gasteiger partial charge < -0.3 is 14.6 Å². The molecule has 2 aromatic rings. The van der Waals surface area contributed by atoms with Crippen molar-refractivity contribution in [3.05, 3.63) is 58.1 Å². The summed E-state index contributed by atoms with van der Waals surface area (Å²) in [7, 11) is 1.54. The van der Waals surface area contributed by atoms with E-state index in [1.54, 1.807) is 19.2 Å². The first kappa shape index (κ1) is 14.4. The van der Waals surface area contributed by atoms with E-state index in [1.807, 2.05) is 24.3 Å². The molecule has 20 heavy (non-hydrogen) atoms. The number of carbonyl (C=O) groups is 1. The molecule has 0 heterocycles. The number of benzene rings is 2. The summed E-state index contributed by atoms with van der Waals surface area (Å²) < 4.78 is 11.8. The van der Waals surface area contributed by atoms with Gasteiger partial charge >= 0.3 is 5.97 Å². The van der Waals surface area contributed by atoms with Crippen molar-refractivity contribution in [3.63, 3.8) is 0 Å². The third kappa shape index (κ3) is 3.51. The van der Waals surface area contributed by atoms with Crippen LogP contribution in [0.2, 0.25) is 0 Å². The lowest BCUT2D eigenvalue weighted by molar-refractivity contribution is 0.0696. The molecule has 0 unspecified atom stereocenters. The number of ether oxygens (including phenoxy) is 2. The second kappa shape index (κ2) is 6.43. The molecular formula is C15H13BrO4. The van der Waals surface area contributed by atoms with Gasteiger partial charge in [-0.15, -0.1) is 0 Å². The lowest BCUT2D eigenvalue weighted by atomic mass is 10.1. The highest BCUT2D eigenvalue weighted by atomic mass is 79.9. The van der Waals surface area contributed by atoms with Crippen LogP contribution in [-0.2, 0) is 6.61 Å². The Balaban J connectivity index is 2.16. The molecule has 104 valence electrons. The van der Waals surface area contributed by atoms with Crippen LogP contribution in [0, 0.1) is 0 Å². The molecule has 5 heteroatoms. The average molecular weight is 337 g/mol. The van der Waals surface area contributed by atoms with E-state index >= 15 is 0 Å². The second-order valence-electron chi connectivity index (χ2n) is 4.07. The fourth-order valence-corrected chi connectivity index (χ4v) is 1.98. The Kier molecular flexibility index (Phi) is 4.63. The van der Waals surface area contributed by atoms with Crippen molar-refractivity contribution >= 4 is 21.9 Å². The van der Waals surface area contributed by atoms with Gasteiger partial charge in [-0.3, -0.25) is 0 Å². The zero-order chi connectivity index (χ0) is 14.5. The monoisotopic (exact) mass is 336 g/mol. The van der Waals surface area contributed by atoms with Gasteiger partial charge in [0, 0.05) is 10.0 Å². The minimum atomic E-state index is -0.974. The fraction of sp³-hybridized carbons (Fsp3) is 0.133. The molecular weight excluding hydrogens is 324 g/mol. The van der Waals surface area contributed by atoms with Gasteiger partial charge in [0.25, 0.3) is 0 Å². The van der Waals surface area contributed by atoms with Crippen LogP contribution < -0.4 is 9.47 Å². The quantitative estimate of drug-likeness (QED) is 0.903. The standard InChI is InChI=1S/C15H13BrO4/c1-19-14-7-2-10(15(17)18)8-11(14)9-20-13-5-3-12(16)4-6-13/h2-8H,9H2,1H3,(H,17,18). The van der Waals surface area contributed by atoms with Gasteiger partial charge in [-0.25, -0.2) is 4.79 Å². The molecule has 0 radical (unpaired) electrons. The number of rotatable bonds is 5. The number of carboxylic acids is 1. The molecule has 0 spiro atoms. The van der Waals surface area contributed by atoms with E-state index in [9.17, 15) is 4.79 Å². The lowest BCUT2D eigenvalue weighted by Crippen LogP contribution is -2.03. The molecule has 0 fully saturated rings. The fourth-order valence-electron chi connectivity index (χ4n) is 1.72. The van der Waals surface area contributed by atoms with Gasteiger partial charge in [-0.05, 0) is 42.5 Å². The van der Waals surface area contributed by atoms with Crippen LogP contribution in [0.4, 0.5) is 0 Å². The first-order chi connectivity index (χ1) is 9.60. The van der Waals surface area contributed by atoms with Crippen molar-refractivity contribution in [2.45, 2.75) is 6.61 Å². The predicted octanol–water partition coefficient (Wildman–Crippen LogP) is 3.73. The first-order valence-corrected chi connectivity index (χ1v) is 6.68.